The number of amides is 2. The van der Waals surface area contributed by atoms with E-state index in [1.807, 2.05) is 60.4 Å². The van der Waals surface area contributed by atoms with Crippen LogP contribution in [0.1, 0.15) is 44.7 Å². The summed E-state index contributed by atoms with van der Waals surface area (Å²) in [6.07, 6.45) is 3.77. The van der Waals surface area contributed by atoms with Gasteiger partial charge in [0.25, 0.3) is 11.8 Å². The number of carbonyl (C=O) groups excluding carboxylic acids is 2. The fourth-order valence-electron chi connectivity index (χ4n) is 4.34. The van der Waals surface area contributed by atoms with Gasteiger partial charge in [0.05, 0.1) is 11.3 Å². The average Bonchev–Trinajstić information content (AvgIpc) is 3.59. The Labute approximate surface area is 209 Å². The topological polar surface area (TPSA) is 67.2 Å². The van der Waals surface area contributed by atoms with Gasteiger partial charge in [0.15, 0.2) is 0 Å². The fraction of sp³-hybridized carbons (Fsp3) is 0.207. The van der Waals surface area contributed by atoms with Crippen molar-refractivity contribution in [3.8, 4) is 16.9 Å². The number of likely N-dealkylation sites (tertiary alicyclic amines) is 1. The van der Waals surface area contributed by atoms with E-state index in [9.17, 15) is 14.0 Å². The Bertz CT molecular complexity index is 1370. The zero-order chi connectivity index (χ0) is 25.1. The molecule has 0 radical (unpaired) electrons. The maximum Gasteiger partial charge on any atom is 0.255 e. The van der Waals surface area contributed by atoms with Crippen LogP contribution in [0.4, 0.5) is 4.39 Å². The van der Waals surface area contributed by atoms with E-state index in [4.69, 9.17) is 0 Å². The predicted octanol–water partition coefficient (Wildman–Crippen LogP) is 5.15. The number of hydrogen-bond donors (Lipinski definition) is 1. The van der Waals surface area contributed by atoms with Crippen LogP contribution in [0.5, 0.6) is 0 Å². The van der Waals surface area contributed by atoms with E-state index in [2.05, 4.69) is 10.4 Å². The van der Waals surface area contributed by atoms with Gasteiger partial charge >= 0.3 is 0 Å². The van der Waals surface area contributed by atoms with Crippen LogP contribution in [0.15, 0.2) is 79.0 Å². The first-order valence-electron chi connectivity index (χ1n) is 12.1. The van der Waals surface area contributed by atoms with Gasteiger partial charge in [-0.05, 0) is 61.7 Å². The molecule has 3 aromatic carbocycles. The minimum absolute atomic E-state index is 0.0547. The molecule has 2 heterocycles. The fourth-order valence-corrected chi connectivity index (χ4v) is 4.34. The second-order valence-corrected chi connectivity index (χ2v) is 9.06. The number of aryl methyl sites for hydroxylation is 1. The first-order valence-corrected chi connectivity index (χ1v) is 12.1. The van der Waals surface area contributed by atoms with Crippen LogP contribution < -0.4 is 5.32 Å². The summed E-state index contributed by atoms with van der Waals surface area (Å²) in [5, 5.41) is 7.61. The number of hydrogen-bond acceptors (Lipinski definition) is 3. The molecule has 0 bridgehead atoms. The second kappa shape index (κ2) is 10.2. The van der Waals surface area contributed by atoms with Gasteiger partial charge in [0.2, 0.25) is 0 Å². The lowest BCUT2D eigenvalue weighted by molar-refractivity contribution is 0.0792. The molecule has 4 aromatic rings. The molecule has 0 saturated carbocycles. The van der Waals surface area contributed by atoms with Crippen molar-refractivity contribution < 1.29 is 14.0 Å². The van der Waals surface area contributed by atoms with E-state index in [0.29, 0.717) is 29.1 Å². The second-order valence-electron chi connectivity index (χ2n) is 9.06. The number of rotatable bonds is 6. The molecule has 1 saturated heterocycles. The highest BCUT2D eigenvalue weighted by molar-refractivity contribution is 6.00. The predicted molar refractivity (Wildman–Crippen MR) is 136 cm³/mol. The summed E-state index contributed by atoms with van der Waals surface area (Å²) in [5.74, 6) is -0.550. The molecule has 1 aliphatic rings. The quantitative estimate of drug-likeness (QED) is 0.413. The highest BCUT2D eigenvalue weighted by Gasteiger charge is 2.20. The van der Waals surface area contributed by atoms with E-state index in [-0.39, 0.29) is 17.6 Å². The highest BCUT2D eigenvalue weighted by atomic mass is 19.1. The minimum Gasteiger partial charge on any atom is -0.348 e. The molecular formula is C29H27FN4O2. The summed E-state index contributed by atoms with van der Waals surface area (Å²) in [6, 6.07) is 21.1. The zero-order valence-corrected chi connectivity index (χ0v) is 20.1. The molecule has 5 rings (SSSR count). The van der Waals surface area contributed by atoms with Crippen LogP contribution in [0.25, 0.3) is 16.9 Å². The van der Waals surface area contributed by atoms with Crippen LogP contribution in [-0.2, 0) is 6.54 Å². The van der Waals surface area contributed by atoms with Crippen molar-refractivity contribution in [3.63, 3.8) is 0 Å². The van der Waals surface area contributed by atoms with Gasteiger partial charge in [0.1, 0.15) is 11.5 Å². The van der Waals surface area contributed by atoms with Crippen molar-refractivity contribution >= 4 is 11.8 Å². The summed E-state index contributed by atoms with van der Waals surface area (Å²) in [5.41, 5.74) is 5.10. The normalized spacial score (nSPS) is 13.1. The third-order valence-electron chi connectivity index (χ3n) is 6.42. The Morgan fingerprint density at radius 1 is 0.917 bits per heavy atom. The van der Waals surface area contributed by atoms with Gasteiger partial charge in [-0.2, -0.15) is 5.10 Å². The average molecular weight is 483 g/mol. The van der Waals surface area contributed by atoms with Gasteiger partial charge < -0.3 is 10.2 Å². The summed E-state index contributed by atoms with van der Waals surface area (Å²) in [4.78, 5) is 27.7. The molecule has 1 fully saturated rings. The number of aromatic nitrogens is 2. The lowest BCUT2D eigenvalue weighted by Crippen LogP contribution is -2.27. The Balaban J connectivity index is 1.35. The summed E-state index contributed by atoms with van der Waals surface area (Å²) < 4.78 is 15.0. The smallest absolute Gasteiger partial charge is 0.255 e. The van der Waals surface area contributed by atoms with E-state index in [0.717, 1.165) is 42.6 Å². The van der Waals surface area contributed by atoms with Gasteiger partial charge in [-0.25, -0.2) is 9.07 Å². The molecule has 7 heteroatoms. The number of carbonyl (C=O) groups is 2. The van der Waals surface area contributed by atoms with Crippen LogP contribution in [-0.4, -0.2) is 39.6 Å². The summed E-state index contributed by atoms with van der Waals surface area (Å²) in [7, 11) is 0. The Morgan fingerprint density at radius 2 is 1.58 bits per heavy atom. The number of halogens is 1. The largest absolute Gasteiger partial charge is 0.348 e. The van der Waals surface area contributed by atoms with E-state index in [1.54, 1.807) is 23.0 Å². The third-order valence-corrected chi connectivity index (χ3v) is 6.42. The van der Waals surface area contributed by atoms with Crippen molar-refractivity contribution in [2.45, 2.75) is 26.3 Å². The molecule has 0 spiro atoms. The van der Waals surface area contributed by atoms with Crippen molar-refractivity contribution in [2.24, 2.45) is 0 Å². The van der Waals surface area contributed by atoms with Crippen molar-refractivity contribution in [3.05, 3.63) is 107 Å². The molecular weight excluding hydrogens is 455 g/mol. The number of benzene rings is 3. The molecule has 0 unspecified atom stereocenters. The zero-order valence-electron chi connectivity index (χ0n) is 20.1. The Kier molecular flexibility index (Phi) is 6.62. The lowest BCUT2D eigenvalue weighted by atomic mass is 10.1. The van der Waals surface area contributed by atoms with Gasteiger partial charge in [-0.1, -0.05) is 42.0 Å². The lowest BCUT2D eigenvalue weighted by Gasteiger charge is -2.15. The van der Waals surface area contributed by atoms with Crippen molar-refractivity contribution in [2.75, 3.05) is 13.1 Å². The molecule has 182 valence electrons. The molecule has 36 heavy (non-hydrogen) atoms. The van der Waals surface area contributed by atoms with Crippen LogP contribution in [0.3, 0.4) is 0 Å². The van der Waals surface area contributed by atoms with Gasteiger partial charge in [0, 0.05) is 37.0 Å². The highest BCUT2D eigenvalue weighted by Crippen LogP contribution is 2.25. The third kappa shape index (κ3) is 5.05. The molecule has 6 nitrogen and oxygen atoms in total. The maximum absolute atomic E-state index is 13.4. The van der Waals surface area contributed by atoms with Crippen LogP contribution >= 0.6 is 0 Å². The van der Waals surface area contributed by atoms with E-state index >= 15 is 0 Å². The number of nitrogens with one attached hydrogen (secondary N) is 1. The van der Waals surface area contributed by atoms with Crippen molar-refractivity contribution in [1.29, 1.82) is 0 Å². The first kappa shape index (κ1) is 23.5. The van der Waals surface area contributed by atoms with E-state index in [1.165, 1.54) is 12.1 Å². The van der Waals surface area contributed by atoms with E-state index < -0.39 is 0 Å². The molecule has 0 atom stereocenters. The van der Waals surface area contributed by atoms with Gasteiger partial charge in [-0.15, -0.1) is 0 Å². The summed E-state index contributed by atoms with van der Waals surface area (Å²) >= 11 is 0. The molecule has 1 aromatic heterocycles. The van der Waals surface area contributed by atoms with Crippen molar-refractivity contribution in [1.82, 2.24) is 20.0 Å². The molecule has 2 amide bonds. The molecule has 0 aliphatic carbocycles. The van der Waals surface area contributed by atoms with Gasteiger partial charge in [-0.3, -0.25) is 9.59 Å². The van der Waals surface area contributed by atoms with Crippen LogP contribution in [0.2, 0.25) is 0 Å². The SMILES string of the molecule is Cc1ccc(-c2nn(-c3ccc(F)cc3)cc2C(=O)NCc2ccc(C(=O)N3CCCC3)cc2)cc1. The molecule has 1 aliphatic heterocycles. The monoisotopic (exact) mass is 482 g/mol. The summed E-state index contributed by atoms with van der Waals surface area (Å²) in [6.45, 7) is 3.93. The van der Waals surface area contributed by atoms with Crippen LogP contribution in [0, 0.1) is 12.7 Å². The molecule has 1 N–H and O–H groups in total. The standard InChI is InChI=1S/C29H27FN4O2/c1-20-4-8-22(9-5-20)27-26(19-34(32-27)25-14-12-24(30)13-15-25)28(35)31-18-21-6-10-23(11-7-21)29(36)33-16-2-3-17-33/h4-15,19H,2-3,16-18H2,1H3,(H,31,35). The maximum atomic E-state index is 13.4. The Morgan fingerprint density at radius 3 is 2.25 bits per heavy atom. The first-order chi connectivity index (χ1) is 17.5. The Hall–Kier alpha value is -4.26. The number of nitrogens with zero attached hydrogens (tertiary/aromatic N) is 3. The minimum atomic E-state index is -0.337.